The second-order valence-corrected chi connectivity index (χ2v) is 6.51. The number of para-hydroxylation sites is 1. The second kappa shape index (κ2) is 6.04. The molecular formula is C15H19ClN2O4. The van der Waals surface area contributed by atoms with Crippen molar-refractivity contribution in [2.45, 2.75) is 38.8 Å². The van der Waals surface area contributed by atoms with Crippen molar-refractivity contribution in [2.75, 3.05) is 11.9 Å². The molecule has 0 bridgehead atoms. The lowest BCUT2D eigenvalue weighted by Gasteiger charge is -2.40. The molecule has 1 aliphatic rings. The number of halogens is 1. The van der Waals surface area contributed by atoms with Crippen LogP contribution in [0.2, 0.25) is 5.02 Å². The Labute approximate surface area is 134 Å². The Morgan fingerprint density at radius 3 is 2.59 bits per heavy atom. The maximum Gasteiger partial charge on any atom is 0.410 e. The molecule has 0 spiro atoms. The number of aromatic hydroxyl groups is 1. The summed E-state index contributed by atoms with van der Waals surface area (Å²) in [5.74, 6) is -0.524. The largest absolute Gasteiger partial charge is 0.506 e. The van der Waals surface area contributed by atoms with Gasteiger partial charge in [0.1, 0.15) is 23.1 Å². The number of hydrogen-bond acceptors (Lipinski definition) is 4. The van der Waals surface area contributed by atoms with Gasteiger partial charge < -0.3 is 15.2 Å². The number of nitrogens with zero attached hydrogens (tertiary/aromatic N) is 1. The lowest BCUT2D eigenvalue weighted by Crippen LogP contribution is -2.57. The molecule has 0 aromatic heterocycles. The number of ether oxygens (including phenoxy) is 1. The highest BCUT2D eigenvalue weighted by Gasteiger charge is 2.40. The number of carbonyl (C=O) groups is 2. The van der Waals surface area contributed by atoms with Gasteiger partial charge in [-0.05, 0) is 39.3 Å². The Morgan fingerprint density at radius 2 is 2.09 bits per heavy atom. The smallest absolute Gasteiger partial charge is 0.410 e. The first-order valence-corrected chi connectivity index (χ1v) is 7.35. The Balaban J connectivity index is 2.03. The fourth-order valence-corrected chi connectivity index (χ4v) is 2.26. The Morgan fingerprint density at radius 1 is 1.41 bits per heavy atom. The number of carbonyl (C=O) groups excluding carboxylic acids is 2. The average Bonchev–Trinajstić information content (AvgIpc) is 2.30. The molecule has 1 aromatic rings. The van der Waals surface area contributed by atoms with Crippen LogP contribution >= 0.6 is 11.6 Å². The number of likely N-dealkylation sites (tertiary alicyclic amines) is 1. The molecule has 2 rings (SSSR count). The van der Waals surface area contributed by atoms with Crippen LogP contribution in [-0.4, -0.2) is 40.2 Å². The fourth-order valence-electron chi connectivity index (χ4n) is 2.04. The standard InChI is InChI=1S/C15H19ClN2O4/c1-15(2,3)22-14(21)18-8-7-10(18)13(20)17-12-9(16)5-4-6-11(12)19/h4-6,10,19H,7-8H2,1-3H3,(H,17,20)/t10-/m1/s1. The summed E-state index contributed by atoms with van der Waals surface area (Å²) in [5.41, 5.74) is -0.473. The van der Waals surface area contributed by atoms with Crippen LogP contribution in [0, 0.1) is 0 Å². The van der Waals surface area contributed by atoms with Gasteiger partial charge in [0.05, 0.1) is 5.02 Å². The van der Waals surface area contributed by atoms with E-state index < -0.39 is 23.6 Å². The summed E-state index contributed by atoms with van der Waals surface area (Å²) in [4.78, 5) is 25.6. The third-order valence-electron chi connectivity index (χ3n) is 3.19. The molecule has 1 fully saturated rings. The maximum atomic E-state index is 12.2. The van der Waals surface area contributed by atoms with Crippen LogP contribution in [0.25, 0.3) is 0 Å². The molecule has 0 aliphatic carbocycles. The summed E-state index contributed by atoms with van der Waals surface area (Å²) < 4.78 is 5.25. The van der Waals surface area contributed by atoms with E-state index in [1.54, 1.807) is 32.9 Å². The quantitative estimate of drug-likeness (QED) is 0.819. The molecule has 1 atom stereocenters. The Bertz CT molecular complexity index is 577. The van der Waals surface area contributed by atoms with Crippen LogP contribution in [0.4, 0.5) is 10.5 Å². The van der Waals surface area contributed by atoms with Gasteiger partial charge in [0.25, 0.3) is 0 Å². The van der Waals surface area contributed by atoms with Gasteiger partial charge in [0.2, 0.25) is 5.91 Å². The summed E-state index contributed by atoms with van der Waals surface area (Å²) in [6, 6.07) is 3.94. The van der Waals surface area contributed by atoms with Crippen LogP contribution in [0.3, 0.4) is 0 Å². The number of rotatable bonds is 2. The van der Waals surface area contributed by atoms with Crippen molar-refractivity contribution in [3.8, 4) is 5.75 Å². The molecule has 22 heavy (non-hydrogen) atoms. The van der Waals surface area contributed by atoms with Crippen molar-refractivity contribution in [1.29, 1.82) is 0 Å². The number of phenolic OH excluding ortho intramolecular Hbond substituents is 1. The average molecular weight is 327 g/mol. The van der Waals surface area contributed by atoms with Crippen molar-refractivity contribution in [3.05, 3.63) is 23.2 Å². The summed E-state index contributed by atoms with van der Waals surface area (Å²) in [7, 11) is 0. The predicted molar refractivity (Wildman–Crippen MR) is 83.1 cm³/mol. The van der Waals surface area contributed by atoms with Crippen molar-refractivity contribution in [1.82, 2.24) is 4.90 Å². The van der Waals surface area contributed by atoms with E-state index in [-0.39, 0.29) is 16.5 Å². The van der Waals surface area contributed by atoms with E-state index in [0.29, 0.717) is 13.0 Å². The van der Waals surface area contributed by atoms with Crippen LogP contribution in [0.1, 0.15) is 27.2 Å². The van der Waals surface area contributed by atoms with Gasteiger partial charge in [-0.15, -0.1) is 0 Å². The monoisotopic (exact) mass is 326 g/mol. The minimum atomic E-state index is -0.620. The number of hydrogen-bond donors (Lipinski definition) is 2. The first-order chi connectivity index (χ1) is 10.2. The van der Waals surface area contributed by atoms with Gasteiger partial charge in [-0.3, -0.25) is 9.69 Å². The second-order valence-electron chi connectivity index (χ2n) is 6.10. The number of nitrogens with one attached hydrogen (secondary N) is 1. The molecule has 1 saturated heterocycles. The zero-order valence-electron chi connectivity index (χ0n) is 12.7. The molecule has 0 unspecified atom stereocenters. The molecule has 2 N–H and O–H groups in total. The van der Waals surface area contributed by atoms with E-state index in [1.165, 1.54) is 11.0 Å². The van der Waals surface area contributed by atoms with Gasteiger partial charge in [-0.25, -0.2) is 4.79 Å². The van der Waals surface area contributed by atoms with Crippen LogP contribution in [0.15, 0.2) is 18.2 Å². The van der Waals surface area contributed by atoms with Crippen molar-refractivity contribution < 1.29 is 19.4 Å². The molecule has 1 aliphatic heterocycles. The van der Waals surface area contributed by atoms with E-state index in [0.717, 1.165) is 0 Å². The summed E-state index contributed by atoms with van der Waals surface area (Å²) in [5, 5.41) is 12.5. The first-order valence-electron chi connectivity index (χ1n) is 6.97. The lowest BCUT2D eigenvalue weighted by molar-refractivity contribution is -0.125. The summed E-state index contributed by atoms with van der Waals surface area (Å²) >= 11 is 5.95. The van der Waals surface area contributed by atoms with Gasteiger partial charge in [0, 0.05) is 6.54 Å². The molecular weight excluding hydrogens is 308 g/mol. The minimum Gasteiger partial charge on any atom is -0.506 e. The first kappa shape index (κ1) is 16.4. The molecule has 1 aromatic carbocycles. The van der Waals surface area contributed by atoms with E-state index >= 15 is 0 Å². The highest BCUT2D eigenvalue weighted by atomic mass is 35.5. The highest BCUT2D eigenvalue weighted by Crippen LogP contribution is 2.32. The summed E-state index contributed by atoms with van der Waals surface area (Å²) in [6.07, 6.45) is 0.0123. The Kier molecular flexibility index (Phi) is 4.51. The molecule has 1 heterocycles. The van der Waals surface area contributed by atoms with Crippen molar-refractivity contribution in [3.63, 3.8) is 0 Å². The molecule has 0 saturated carbocycles. The van der Waals surface area contributed by atoms with E-state index in [4.69, 9.17) is 16.3 Å². The lowest BCUT2D eigenvalue weighted by atomic mass is 10.0. The van der Waals surface area contributed by atoms with E-state index in [9.17, 15) is 14.7 Å². The highest BCUT2D eigenvalue weighted by molar-refractivity contribution is 6.34. The molecule has 120 valence electrons. The van der Waals surface area contributed by atoms with Crippen LogP contribution in [0.5, 0.6) is 5.75 Å². The molecule has 2 amide bonds. The van der Waals surface area contributed by atoms with E-state index in [1.807, 2.05) is 0 Å². The number of phenols is 1. The van der Waals surface area contributed by atoms with Crippen LogP contribution < -0.4 is 5.32 Å². The Hall–Kier alpha value is -1.95. The molecule has 7 heteroatoms. The molecule has 0 radical (unpaired) electrons. The van der Waals surface area contributed by atoms with Crippen LogP contribution in [-0.2, 0) is 9.53 Å². The van der Waals surface area contributed by atoms with Gasteiger partial charge in [0.15, 0.2) is 0 Å². The summed E-state index contributed by atoms with van der Waals surface area (Å²) in [6.45, 7) is 5.76. The topological polar surface area (TPSA) is 78.9 Å². The SMILES string of the molecule is CC(C)(C)OC(=O)N1CC[C@@H]1C(=O)Nc1c(O)cccc1Cl. The molecule has 6 nitrogen and oxygen atoms in total. The van der Waals surface area contributed by atoms with Gasteiger partial charge >= 0.3 is 6.09 Å². The zero-order chi connectivity index (χ0) is 16.5. The zero-order valence-corrected chi connectivity index (χ0v) is 13.5. The third-order valence-corrected chi connectivity index (χ3v) is 3.51. The minimum absolute atomic E-state index is 0.121. The fraction of sp³-hybridized carbons (Fsp3) is 0.467. The van der Waals surface area contributed by atoms with E-state index in [2.05, 4.69) is 5.32 Å². The van der Waals surface area contributed by atoms with Gasteiger partial charge in [-0.2, -0.15) is 0 Å². The number of amides is 2. The van der Waals surface area contributed by atoms with Gasteiger partial charge in [-0.1, -0.05) is 17.7 Å². The third kappa shape index (κ3) is 3.62. The van der Waals surface area contributed by atoms with Crippen molar-refractivity contribution in [2.24, 2.45) is 0 Å². The predicted octanol–water partition coefficient (Wildman–Crippen LogP) is 2.99. The van der Waals surface area contributed by atoms with Crippen molar-refractivity contribution >= 4 is 29.3 Å². The number of anilines is 1. The normalized spacial score (nSPS) is 17.6. The number of benzene rings is 1. The maximum absolute atomic E-state index is 12.2.